The molecule has 1 N–H and O–H groups in total. The molecule has 0 heterocycles. The molecule has 1 amide bonds. The lowest BCUT2D eigenvalue weighted by molar-refractivity contribution is 0.0957. The highest BCUT2D eigenvalue weighted by molar-refractivity contribution is 6.07. The van der Waals surface area contributed by atoms with Gasteiger partial charge in [-0.2, -0.15) is 5.10 Å². The number of methoxy groups -OCH3 is 1. The summed E-state index contributed by atoms with van der Waals surface area (Å²) in [7, 11) is 1.58. The Labute approximate surface area is 245 Å². The van der Waals surface area contributed by atoms with Crippen LogP contribution in [0.2, 0.25) is 0 Å². The zero-order valence-electron chi connectivity index (χ0n) is 23.6. The quantitative estimate of drug-likeness (QED) is 0.129. The zero-order chi connectivity index (χ0) is 29.1. The van der Waals surface area contributed by atoms with Gasteiger partial charge in [0.15, 0.2) is 23.0 Å². The number of ether oxygens (including phenoxy) is 4. The van der Waals surface area contributed by atoms with Crippen LogP contribution in [0.25, 0.3) is 10.8 Å². The van der Waals surface area contributed by atoms with E-state index in [4.69, 9.17) is 18.9 Å². The number of nitrogens with one attached hydrogen (secondary N) is 1. The molecule has 0 saturated heterocycles. The number of fused-ring (bicyclic) bond motifs is 1. The van der Waals surface area contributed by atoms with Crippen molar-refractivity contribution in [2.24, 2.45) is 5.10 Å². The molecule has 0 aliphatic carbocycles. The predicted octanol–water partition coefficient (Wildman–Crippen LogP) is 7.17. The summed E-state index contributed by atoms with van der Waals surface area (Å²) in [6, 6.07) is 34.6. The van der Waals surface area contributed by atoms with Crippen LogP contribution in [-0.4, -0.2) is 25.8 Å². The molecule has 7 heteroatoms. The number of hydrogen-bond donors (Lipinski definition) is 1. The lowest BCUT2D eigenvalue weighted by atomic mass is 10.0. The van der Waals surface area contributed by atoms with Gasteiger partial charge in [0, 0.05) is 5.56 Å². The van der Waals surface area contributed by atoms with Gasteiger partial charge in [0.05, 0.1) is 19.9 Å². The molecule has 0 spiro atoms. The molecule has 0 unspecified atom stereocenters. The van der Waals surface area contributed by atoms with Gasteiger partial charge in [0.25, 0.3) is 5.91 Å². The largest absolute Gasteiger partial charge is 0.493 e. The summed E-state index contributed by atoms with van der Waals surface area (Å²) in [6.45, 7) is 3.22. The van der Waals surface area contributed by atoms with E-state index >= 15 is 0 Å². The van der Waals surface area contributed by atoms with Gasteiger partial charge in [-0.3, -0.25) is 4.79 Å². The molecule has 42 heavy (non-hydrogen) atoms. The van der Waals surface area contributed by atoms with E-state index in [1.54, 1.807) is 25.5 Å². The SMILES string of the molecule is CCOc1cc(COc2ccc(/C=N/NC(=O)c3cccc4ccccc34)cc2OC)ccc1OCc1ccccc1. The molecule has 5 rings (SSSR count). The van der Waals surface area contributed by atoms with Crippen LogP contribution in [0.4, 0.5) is 0 Å². The summed E-state index contributed by atoms with van der Waals surface area (Å²) in [6.07, 6.45) is 1.57. The zero-order valence-corrected chi connectivity index (χ0v) is 23.6. The summed E-state index contributed by atoms with van der Waals surface area (Å²) in [5.74, 6) is 2.19. The molecular weight excluding hydrogens is 528 g/mol. The predicted molar refractivity (Wildman–Crippen MR) is 165 cm³/mol. The van der Waals surface area contributed by atoms with Crippen molar-refractivity contribution < 1.29 is 23.7 Å². The molecule has 0 bridgehead atoms. The van der Waals surface area contributed by atoms with Gasteiger partial charge in [-0.15, -0.1) is 0 Å². The molecule has 0 fully saturated rings. The molecule has 7 nitrogen and oxygen atoms in total. The molecule has 5 aromatic carbocycles. The summed E-state index contributed by atoms with van der Waals surface area (Å²) < 4.78 is 23.5. The molecule has 0 atom stereocenters. The van der Waals surface area contributed by atoms with Gasteiger partial charge in [-0.1, -0.05) is 72.8 Å². The number of hydrogen-bond acceptors (Lipinski definition) is 6. The second-order valence-corrected chi connectivity index (χ2v) is 9.41. The van der Waals surface area contributed by atoms with Crippen LogP contribution in [0.3, 0.4) is 0 Å². The normalized spacial score (nSPS) is 10.9. The van der Waals surface area contributed by atoms with Crippen molar-refractivity contribution in [3.63, 3.8) is 0 Å². The Morgan fingerprint density at radius 1 is 0.714 bits per heavy atom. The molecule has 212 valence electrons. The second kappa shape index (κ2) is 13.9. The minimum absolute atomic E-state index is 0.280. The topological polar surface area (TPSA) is 78.4 Å². The lowest BCUT2D eigenvalue weighted by Crippen LogP contribution is -2.17. The number of carbonyl (C=O) groups excluding carboxylic acids is 1. The van der Waals surface area contributed by atoms with Crippen molar-refractivity contribution in [1.82, 2.24) is 5.43 Å². The van der Waals surface area contributed by atoms with Gasteiger partial charge in [0.2, 0.25) is 0 Å². The fourth-order valence-corrected chi connectivity index (χ4v) is 4.46. The summed E-state index contributed by atoms with van der Waals surface area (Å²) in [5.41, 5.74) is 5.93. The van der Waals surface area contributed by atoms with E-state index in [9.17, 15) is 4.79 Å². The number of benzene rings is 5. The third-order valence-corrected chi connectivity index (χ3v) is 6.54. The van der Waals surface area contributed by atoms with Crippen molar-refractivity contribution in [3.05, 3.63) is 131 Å². The highest BCUT2D eigenvalue weighted by Crippen LogP contribution is 2.32. The fourth-order valence-electron chi connectivity index (χ4n) is 4.46. The third-order valence-electron chi connectivity index (χ3n) is 6.54. The number of nitrogens with zero attached hydrogens (tertiary/aromatic N) is 1. The summed E-state index contributed by atoms with van der Waals surface area (Å²) in [5, 5.41) is 6.02. The van der Waals surface area contributed by atoms with E-state index in [2.05, 4.69) is 10.5 Å². The van der Waals surface area contributed by atoms with Crippen LogP contribution in [-0.2, 0) is 13.2 Å². The maximum atomic E-state index is 12.7. The Morgan fingerprint density at radius 3 is 2.24 bits per heavy atom. The van der Waals surface area contributed by atoms with Crippen LogP contribution in [0, 0.1) is 0 Å². The molecular formula is C35H32N2O5. The highest BCUT2D eigenvalue weighted by Gasteiger charge is 2.11. The van der Waals surface area contributed by atoms with Crippen molar-refractivity contribution in [3.8, 4) is 23.0 Å². The first-order valence-corrected chi connectivity index (χ1v) is 13.7. The van der Waals surface area contributed by atoms with Gasteiger partial charge >= 0.3 is 0 Å². The van der Waals surface area contributed by atoms with Crippen molar-refractivity contribution in [2.75, 3.05) is 13.7 Å². The fraction of sp³-hybridized carbons (Fsp3) is 0.143. The smallest absolute Gasteiger partial charge is 0.271 e. The van der Waals surface area contributed by atoms with Gasteiger partial charge < -0.3 is 18.9 Å². The van der Waals surface area contributed by atoms with Crippen molar-refractivity contribution in [1.29, 1.82) is 0 Å². The number of amides is 1. The third kappa shape index (κ3) is 7.06. The van der Waals surface area contributed by atoms with Gasteiger partial charge in [-0.25, -0.2) is 5.43 Å². The summed E-state index contributed by atoms with van der Waals surface area (Å²) >= 11 is 0. The van der Waals surface area contributed by atoms with E-state index in [0.29, 0.717) is 48.4 Å². The monoisotopic (exact) mass is 560 g/mol. The van der Waals surface area contributed by atoms with Crippen LogP contribution in [0.15, 0.2) is 114 Å². The molecule has 0 aliphatic rings. The van der Waals surface area contributed by atoms with Crippen LogP contribution in [0.5, 0.6) is 23.0 Å². The van der Waals surface area contributed by atoms with Crippen LogP contribution >= 0.6 is 0 Å². The number of rotatable bonds is 12. The Bertz CT molecular complexity index is 1680. The average molecular weight is 561 g/mol. The number of carbonyl (C=O) groups is 1. The van der Waals surface area contributed by atoms with E-state index in [0.717, 1.165) is 27.5 Å². The Hall–Kier alpha value is -5.30. The Kier molecular flexibility index (Phi) is 9.31. The van der Waals surface area contributed by atoms with Gasteiger partial charge in [0.1, 0.15) is 13.2 Å². The maximum absolute atomic E-state index is 12.7. The minimum atomic E-state index is -0.280. The first kappa shape index (κ1) is 28.2. The van der Waals surface area contributed by atoms with Crippen molar-refractivity contribution >= 4 is 22.9 Å². The van der Waals surface area contributed by atoms with E-state index in [-0.39, 0.29) is 5.91 Å². The lowest BCUT2D eigenvalue weighted by Gasteiger charge is -2.15. The van der Waals surface area contributed by atoms with E-state index < -0.39 is 0 Å². The molecule has 0 saturated carbocycles. The molecule has 0 radical (unpaired) electrons. The van der Waals surface area contributed by atoms with Gasteiger partial charge in [-0.05, 0) is 70.8 Å². The van der Waals surface area contributed by atoms with E-state index in [1.807, 2.05) is 104 Å². The minimum Gasteiger partial charge on any atom is -0.493 e. The average Bonchev–Trinajstić information content (AvgIpc) is 3.04. The number of hydrazone groups is 1. The Balaban J connectivity index is 1.21. The first-order chi connectivity index (χ1) is 20.6. The second-order valence-electron chi connectivity index (χ2n) is 9.41. The molecule has 5 aromatic rings. The first-order valence-electron chi connectivity index (χ1n) is 13.7. The van der Waals surface area contributed by atoms with E-state index in [1.165, 1.54) is 0 Å². The van der Waals surface area contributed by atoms with Crippen LogP contribution < -0.4 is 24.4 Å². The van der Waals surface area contributed by atoms with Crippen molar-refractivity contribution in [2.45, 2.75) is 20.1 Å². The Morgan fingerprint density at radius 2 is 1.43 bits per heavy atom. The van der Waals surface area contributed by atoms with Crippen LogP contribution in [0.1, 0.15) is 34.0 Å². The molecule has 0 aromatic heterocycles. The highest BCUT2D eigenvalue weighted by atomic mass is 16.5. The molecule has 0 aliphatic heterocycles. The summed E-state index contributed by atoms with van der Waals surface area (Å²) in [4.78, 5) is 12.7. The standard InChI is InChI=1S/C35H32N2O5/c1-3-40-34-21-27(17-19-32(34)41-23-25-10-5-4-6-11-25)24-42-31-18-16-26(20-33(31)39-2)22-36-37-35(38)30-15-9-13-28-12-7-8-14-29(28)30/h4-22H,3,23-24H2,1-2H3,(H,37,38)/b36-22+. The maximum Gasteiger partial charge on any atom is 0.271 e.